The molecule has 0 saturated carbocycles. The van der Waals surface area contributed by atoms with Crippen LogP contribution in [0.25, 0.3) is 0 Å². The third-order valence-electron chi connectivity index (χ3n) is 3.29. The van der Waals surface area contributed by atoms with Gasteiger partial charge >= 0.3 is 7.60 Å². The molecule has 152 valence electrons. The SMILES string of the molecule is CC(C)COc1cc(C(=O)Nc2ccc(P(=O)(O)O)cn2)cc(OC(C)C)n1. The molecule has 2 rings (SSSR count). The molecule has 0 aliphatic carbocycles. The number of hydrogen-bond donors (Lipinski definition) is 3. The van der Waals surface area contributed by atoms with Crippen molar-refractivity contribution in [2.75, 3.05) is 11.9 Å². The summed E-state index contributed by atoms with van der Waals surface area (Å²) in [6.07, 6.45) is 0.888. The van der Waals surface area contributed by atoms with Gasteiger partial charge in [-0.2, -0.15) is 4.98 Å². The second-order valence-corrected chi connectivity index (χ2v) is 8.41. The number of rotatable bonds is 8. The summed E-state index contributed by atoms with van der Waals surface area (Å²) < 4.78 is 22.4. The van der Waals surface area contributed by atoms with Crippen LogP contribution in [0.5, 0.6) is 11.8 Å². The summed E-state index contributed by atoms with van der Waals surface area (Å²) in [6, 6.07) is 5.51. The van der Waals surface area contributed by atoms with E-state index in [1.54, 1.807) is 0 Å². The Labute approximate surface area is 163 Å². The molecule has 0 aromatic carbocycles. The maximum atomic E-state index is 12.6. The predicted octanol–water partition coefficient (Wildman–Crippen LogP) is 2.35. The van der Waals surface area contributed by atoms with Gasteiger partial charge in [-0.1, -0.05) is 13.8 Å². The summed E-state index contributed by atoms with van der Waals surface area (Å²) in [5.74, 6) is 0.468. The molecule has 2 aromatic heterocycles. The molecule has 10 heteroatoms. The molecule has 1 amide bonds. The third kappa shape index (κ3) is 6.60. The average molecular weight is 409 g/mol. The van der Waals surface area contributed by atoms with Crippen LogP contribution in [0.1, 0.15) is 38.1 Å². The fourth-order valence-corrected chi connectivity index (χ4v) is 2.54. The van der Waals surface area contributed by atoms with Crippen LogP contribution in [-0.4, -0.2) is 38.4 Å². The van der Waals surface area contributed by atoms with E-state index in [-0.39, 0.29) is 40.5 Å². The molecule has 0 aliphatic heterocycles. The van der Waals surface area contributed by atoms with Crippen molar-refractivity contribution in [3.05, 3.63) is 36.0 Å². The zero-order valence-corrected chi connectivity index (χ0v) is 17.0. The van der Waals surface area contributed by atoms with Gasteiger partial charge in [-0.05, 0) is 31.9 Å². The normalized spacial score (nSPS) is 11.6. The van der Waals surface area contributed by atoms with Gasteiger partial charge in [-0.3, -0.25) is 9.36 Å². The number of nitrogens with zero attached hydrogens (tertiary/aromatic N) is 2. The van der Waals surface area contributed by atoms with Gasteiger partial charge in [0, 0.05) is 18.3 Å². The Kier molecular flexibility index (Phi) is 7.12. The maximum absolute atomic E-state index is 12.6. The van der Waals surface area contributed by atoms with Crippen LogP contribution in [0.3, 0.4) is 0 Å². The molecule has 2 heterocycles. The first kappa shape index (κ1) is 21.8. The predicted molar refractivity (Wildman–Crippen MR) is 104 cm³/mol. The Balaban J connectivity index is 2.22. The Bertz CT molecular complexity index is 864. The van der Waals surface area contributed by atoms with E-state index < -0.39 is 13.5 Å². The molecule has 0 radical (unpaired) electrons. The molecule has 2 aromatic rings. The molecule has 0 saturated heterocycles. The number of carbonyl (C=O) groups excluding carboxylic acids is 1. The minimum atomic E-state index is -4.39. The van der Waals surface area contributed by atoms with Crippen LogP contribution in [0, 0.1) is 5.92 Å². The lowest BCUT2D eigenvalue weighted by Crippen LogP contribution is -2.16. The van der Waals surface area contributed by atoms with Crippen molar-refractivity contribution in [2.45, 2.75) is 33.8 Å². The van der Waals surface area contributed by atoms with Crippen LogP contribution in [-0.2, 0) is 4.57 Å². The number of amides is 1. The zero-order chi connectivity index (χ0) is 20.9. The second-order valence-electron chi connectivity index (χ2n) is 6.80. The lowest BCUT2D eigenvalue weighted by Gasteiger charge is -2.14. The van der Waals surface area contributed by atoms with Crippen molar-refractivity contribution in [1.29, 1.82) is 0 Å². The summed E-state index contributed by atoms with van der Waals surface area (Å²) >= 11 is 0. The van der Waals surface area contributed by atoms with Gasteiger partial charge in [0.05, 0.1) is 23.6 Å². The highest BCUT2D eigenvalue weighted by molar-refractivity contribution is 7.60. The van der Waals surface area contributed by atoms with E-state index in [2.05, 4.69) is 15.3 Å². The minimum absolute atomic E-state index is 0.134. The highest BCUT2D eigenvalue weighted by atomic mass is 31.2. The van der Waals surface area contributed by atoms with Crippen molar-refractivity contribution in [2.24, 2.45) is 5.92 Å². The highest BCUT2D eigenvalue weighted by Gasteiger charge is 2.18. The molecule has 0 atom stereocenters. The van der Waals surface area contributed by atoms with Gasteiger partial charge in [0.25, 0.3) is 5.91 Å². The quantitative estimate of drug-likeness (QED) is 0.567. The zero-order valence-electron chi connectivity index (χ0n) is 16.1. The molecule has 9 nitrogen and oxygen atoms in total. The molecule has 0 unspecified atom stereocenters. The largest absolute Gasteiger partial charge is 0.477 e. The number of anilines is 1. The fraction of sp³-hybridized carbons (Fsp3) is 0.389. The van der Waals surface area contributed by atoms with Gasteiger partial charge in [-0.15, -0.1) is 0 Å². The van der Waals surface area contributed by atoms with Crippen molar-refractivity contribution in [1.82, 2.24) is 9.97 Å². The van der Waals surface area contributed by atoms with E-state index in [0.717, 1.165) is 6.20 Å². The first-order valence-corrected chi connectivity index (χ1v) is 10.3. The van der Waals surface area contributed by atoms with Crippen molar-refractivity contribution in [3.63, 3.8) is 0 Å². The van der Waals surface area contributed by atoms with Crippen molar-refractivity contribution >= 4 is 24.6 Å². The van der Waals surface area contributed by atoms with Crippen LogP contribution >= 0.6 is 7.60 Å². The van der Waals surface area contributed by atoms with E-state index >= 15 is 0 Å². The third-order valence-corrected chi connectivity index (χ3v) is 4.22. The lowest BCUT2D eigenvalue weighted by atomic mass is 10.2. The van der Waals surface area contributed by atoms with E-state index in [0.29, 0.717) is 6.61 Å². The molecule has 0 spiro atoms. The Morgan fingerprint density at radius 3 is 2.39 bits per heavy atom. The van der Waals surface area contributed by atoms with Gasteiger partial charge in [0.1, 0.15) is 5.82 Å². The van der Waals surface area contributed by atoms with Gasteiger partial charge in [0.15, 0.2) is 0 Å². The molecular formula is C18H24N3O6P. The fourth-order valence-electron chi connectivity index (χ4n) is 2.06. The van der Waals surface area contributed by atoms with Crippen LogP contribution in [0.2, 0.25) is 0 Å². The maximum Gasteiger partial charge on any atom is 0.357 e. The second kappa shape index (κ2) is 9.14. The monoisotopic (exact) mass is 409 g/mol. The summed E-state index contributed by atoms with van der Waals surface area (Å²) in [6.45, 7) is 8.11. The average Bonchev–Trinajstić information content (AvgIpc) is 2.59. The molecule has 3 N–H and O–H groups in total. The van der Waals surface area contributed by atoms with Crippen molar-refractivity contribution in [3.8, 4) is 11.8 Å². The first-order valence-electron chi connectivity index (χ1n) is 8.69. The summed E-state index contributed by atoms with van der Waals surface area (Å²) in [5, 5.41) is 2.34. The first-order chi connectivity index (χ1) is 13.0. The minimum Gasteiger partial charge on any atom is -0.477 e. The number of nitrogens with one attached hydrogen (secondary N) is 1. The standard InChI is InChI=1S/C18H24N3O6P/c1-11(2)10-26-16-7-13(8-17(21-16)27-12(3)4)18(22)20-15-6-5-14(9-19-15)28(23,24)25/h5-9,11-12H,10H2,1-4H3,(H,19,20,22)(H2,23,24,25). The van der Waals surface area contributed by atoms with Crippen molar-refractivity contribution < 1.29 is 28.6 Å². The topological polar surface area (TPSA) is 131 Å². The van der Waals surface area contributed by atoms with Crippen LogP contribution < -0.4 is 20.1 Å². The molecule has 28 heavy (non-hydrogen) atoms. The Morgan fingerprint density at radius 2 is 1.86 bits per heavy atom. The number of hydrogen-bond acceptors (Lipinski definition) is 6. The van der Waals surface area contributed by atoms with E-state index in [1.165, 1.54) is 24.3 Å². The Morgan fingerprint density at radius 1 is 1.18 bits per heavy atom. The van der Waals surface area contributed by atoms with E-state index in [1.807, 2.05) is 27.7 Å². The number of carbonyl (C=O) groups is 1. The van der Waals surface area contributed by atoms with Gasteiger partial charge in [0.2, 0.25) is 11.8 Å². The molecule has 0 fully saturated rings. The molecule has 0 bridgehead atoms. The number of ether oxygens (including phenoxy) is 2. The Hall–Kier alpha value is -2.48. The van der Waals surface area contributed by atoms with Crippen LogP contribution in [0.4, 0.5) is 5.82 Å². The number of pyridine rings is 2. The lowest BCUT2D eigenvalue weighted by molar-refractivity contribution is 0.102. The van der Waals surface area contributed by atoms with Gasteiger partial charge < -0.3 is 24.6 Å². The summed E-state index contributed by atoms with van der Waals surface area (Å²) in [5.41, 5.74) is 0.255. The summed E-state index contributed by atoms with van der Waals surface area (Å²) in [7, 11) is -4.39. The number of aromatic nitrogens is 2. The highest BCUT2D eigenvalue weighted by Crippen LogP contribution is 2.32. The summed E-state index contributed by atoms with van der Waals surface area (Å²) in [4.78, 5) is 38.9. The molecule has 0 aliphatic rings. The van der Waals surface area contributed by atoms with E-state index in [9.17, 15) is 9.36 Å². The van der Waals surface area contributed by atoms with E-state index in [4.69, 9.17) is 19.3 Å². The smallest absolute Gasteiger partial charge is 0.357 e. The van der Waals surface area contributed by atoms with Crippen LogP contribution in [0.15, 0.2) is 30.5 Å². The molecular weight excluding hydrogens is 385 g/mol. The van der Waals surface area contributed by atoms with Gasteiger partial charge in [-0.25, -0.2) is 4.98 Å².